The van der Waals surface area contributed by atoms with Crippen molar-refractivity contribution in [3.63, 3.8) is 0 Å². The number of amides is 1. The van der Waals surface area contributed by atoms with Crippen molar-refractivity contribution in [2.75, 3.05) is 24.2 Å². The third-order valence-corrected chi connectivity index (χ3v) is 5.72. The van der Waals surface area contributed by atoms with Gasteiger partial charge in [-0.25, -0.2) is 8.42 Å². The second kappa shape index (κ2) is 9.78. The lowest BCUT2D eigenvalue weighted by Crippen LogP contribution is -2.27. The lowest BCUT2D eigenvalue weighted by atomic mass is 10.1. The molecule has 158 valence electrons. The maximum atomic E-state index is 12.4. The van der Waals surface area contributed by atoms with Gasteiger partial charge in [-0.2, -0.15) is 0 Å². The number of rotatable bonds is 9. The molecule has 2 aromatic rings. The molecule has 1 N–H and O–H groups in total. The van der Waals surface area contributed by atoms with Crippen molar-refractivity contribution in [2.45, 2.75) is 39.7 Å². The Morgan fingerprint density at radius 1 is 1.14 bits per heavy atom. The maximum Gasteiger partial charge on any atom is 0.251 e. The van der Waals surface area contributed by atoms with Crippen LogP contribution in [0.15, 0.2) is 42.5 Å². The molecule has 0 radical (unpaired) electrons. The van der Waals surface area contributed by atoms with Crippen LogP contribution >= 0.6 is 0 Å². The van der Waals surface area contributed by atoms with Gasteiger partial charge >= 0.3 is 0 Å². The Kier molecular flexibility index (Phi) is 7.67. The largest absolute Gasteiger partial charge is 0.491 e. The minimum atomic E-state index is -3.39. The zero-order chi connectivity index (χ0) is 21.6. The van der Waals surface area contributed by atoms with E-state index in [-0.39, 0.29) is 12.0 Å². The number of carbonyl (C=O) groups excluding carboxylic acids is 1. The first-order valence-corrected chi connectivity index (χ1v) is 11.5. The number of aryl methyl sites for hydroxylation is 2. The molecule has 0 saturated heterocycles. The summed E-state index contributed by atoms with van der Waals surface area (Å²) in [6, 6.07) is 13.1. The van der Waals surface area contributed by atoms with Gasteiger partial charge in [-0.3, -0.25) is 9.10 Å². The monoisotopic (exact) mass is 418 g/mol. The summed E-state index contributed by atoms with van der Waals surface area (Å²) in [6.07, 6.45) is 2.94. The second-order valence-corrected chi connectivity index (χ2v) is 9.42. The van der Waals surface area contributed by atoms with E-state index in [1.165, 1.54) is 16.9 Å². The summed E-state index contributed by atoms with van der Waals surface area (Å²) in [4.78, 5) is 12.4. The van der Waals surface area contributed by atoms with Crippen LogP contribution in [0.3, 0.4) is 0 Å². The van der Waals surface area contributed by atoms with Gasteiger partial charge in [-0.05, 0) is 69.0 Å². The van der Waals surface area contributed by atoms with E-state index in [0.29, 0.717) is 17.8 Å². The smallest absolute Gasteiger partial charge is 0.251 e. The number of nitrogens with zero attached hydrogens (tertiary/aromatic N) is 1. The van der Waals surface area contributed by atoms with Gasteiger partial charge in [-0.1, -0.05) is 18.2 Å². The minimum absolute atomic E-state index is 0.149. The highest BCUT2D eigenvalue weighted by molar-refractivity contribution is 7.92. The highest BCUT2D eigenvalue weighted by Gasteiger charge is 2.16. The number of nitrogens with one attached hydrogen (secondary N) is 1. The molecule has 0 spiro atoms. The van der Waals surface area contributed by atoms with E-state index in [2.05, 4.69) is 5.32 Å². The van der Waals surface area contributed by atoms with E-state index in [1.54, 1.807) is 18.2 Å². The molecule has 0 bridgehead atoms. The van der Waals surface area contributed by atoms with E-state index in [0.717, 1.165) is 30.4 Å². The number of hydrogen-bond donors (Lipinski definition) is 1. The summed E-state index contributed by atoms with van der Waals surface area (Å²) >= 11 is 0. The van der Waals surface area contributed by atoms with Crippen molar-refractivity contribution >= 4 is 21.6 Å². The van der Waals surface area contributed by atoms with E-state index in [4.69, 9.17) is 4.74 Å². The predicted octanol–water partition coefficient (Wildman–Crippen LogP) is 3.54. The molecular formula is C22H30N2O4S. The first kappa shape index (κ1) is 22.7. The molecule has 0 atom stereocenters. The molecule has 0 aliphatic carbocycles. The topological polar surface area (TPSA) is 75.7 Å². The average molecular weight is 419 g/mol. The summed E-state index contributed by atoms with van der Waals surface area (Å²) in [5.41, 5.74) is 2.92. The van der Waals surface area contributed by atoms with Crippen LogP contribution in [-0.2, 0) is 16.4 Å². The molecule has 7 heteroatoms. The van der Waals surface area contributed by atoms with Crippen LogP contribution in [0, 0.1) is 6.92 Å². The molecular weight excluding hydrogens is 388 g/mol. The summed E-state index contributed by atoms with van der Waals surface area (Å²) < 4.78 is 30.4. The van der Waals surface area contributed by atoms with Crippen LogP contribution in [0.4, 0.5) is 5.69 Å². The Morgan fingerprint density at radius 2 is 1.79 bits per heavy atom. The van der Waals surface area contributed by atoms with Crippen molar-refractivity contribution in [3.05, 3.63) is 59.2 Å². The normalized spacial score (nSPS) is 11.4. The van der Waals surface area contributed by atoms with Crippen LogP contribution in [-0.4, -0.2) is 40.3 Å². The van der Waals surface area contributed by atoms with E-state index in [9.17, 15) is 13.2 Å². The lowest BCUT2D eigenvalue weighted by Gasteiger charge is -2.19. The Morgan fingerprint density at radius 3 is 2.38 bits per heavy atom. The fourth-order valence-electron chi connectivity index (χ4n) is 2.87. The van der Waals surface area contributed by atoms with Gasteiger partial charge in [0.2, 0.25) is 10.0 Å². The fraction of sp³-hybridized carbons (Fsp3) is 0.409. The van der Waals surface area contributed by atoms with Crippen molar-refractivity contribution in [1.82, 2.24) is 5.32 Å². The second-order valence-electron chi connectivity index (χ2n) is 7.40. The molecule has 6 nitrogen and oxygen atoms in total. The summed E-state index contributed by atoms with van der Waals surface area (Å²) in [6.45, 7) is 6.34. The van der Waals surface area contributed by atoms with Gasteiger partial charge in [-0.15, -0.1) is 0 Å². The number of ether oxygens (including phenoxy) is 1. The SMILES string of the molecule is Cc1ccc(C(=O)NCCCc2ccc(OC(C)C)cc2)cc1N(C)S(C)(=O)=O. The number of hydrogen-bond acceptors (Lipinski definition) is 4. The number of anilines is 1. The first-order valence-electron chi connectivity index (χ1n) is 9.66. The van der Waals surface area contributed by atoms with Crippen LogP contribution < -0.4 is 14.4 Å². The van der Waals surface area contributed by atoms with Gasteiger partial charge in [0.05, 0.1) is 18.0 Å². The van der Waals surface area contributed by atoms with Crippen LogP contribution in [0.2, 0.25) is 0 Å². The van der Waals surface area contributed by atoms with Gasteiger partial charge in [0.15, 0.2) is 0 Å². The van der Waals surface area contributed by atoms with Gasteiger partial charge in [0, 0.05) is 19.2 Å². The molecule has 29 heavy (non-hydrogen) atoms. The van der Waals surface area contributed by atoms with Crippen molar-refractivity contribution in [1.29, 1.82) is 0 Å². The number of carbonyl (C=O) groups is 1. The molecule has 0 aliphatic heterocycles. The Hall–Kier alpha value is -2.54. The summed E-state index contributed by atoms with van der Waals surface area (Å²) in [7, 11) is -1.91. The van der Waals surface area contributed by atoms with E-state index < -0.39 is 10.0 Å². The maximum absolute atomic E-state index is 12.4. The summed E-state index contributed by atoms with van der Waals surface area (Å²) in [5, 5.41) is 2.90. The molecule has 0 fully saturated rings. The van der Waals surface area contributed by atoms with Crippen LogP contribution in [0.5, 0.6) is 5.75 Å². The van der Waals surface area contributed by atoms with Crippen molar-refractivity contribution < 1.29 is 17.9 Å². The molecule has 0 aromatic heterocycles. The van der Waals surface area contributed by atoms with Gasteiger partial charge in [0.25, 0.3) is 5.91 Å². The number of sulfonamides is 1. The summed E-state index contributed by atoms with van der Waals surface area (Å²) in [5.74, 6) is 0.639. The molecule has 1 amide bonds. The zero-order valence-electron chi connectivity index (χ0n) is 17.7. The third kappa shape index (κ3) is 6.78. The molecule has 2 rings (SSSR count). The highest BCUT2D eigenvalue weighted by atomic mass is 32.2. The third-order valence-electron chi connectivity index (χ3n) is 4.53. The van der Waals surface area contributed by atoms with Crippen molar-refractivity contribution in [3.8, 4) is 5.75 Å². The van der Waals surface area contributed by atoms with Crippen LogP contribution in [0.25, 0.3) is 0 Å². The molecule has 0 unspecified atom stereocenters. The van der Waals surface area contributed by atoms with Crippen LogP contribution in [0.1, 0.15) is 41.8 Å². The van der Waals surface area contributed by atoms with E-state index >= 15 is 0 Å². The highest BCUT2D eigenvalue weighted by Crippen LogP contribution is 2.22. The Bertz CT molecular complexity index is 938. The Balaban J connectivity index is 1.89. The fourth-order valence-corrected chi connectivity index (χ4v) is 3.43. The lowest BCUT2D eigenvalue weighted by molar-refractivity contribution is 0.0953. The Labute approximate surface area is 173 Å². The first-order chi connectivity index (χ1) is 13.6. The van der Waals surface area contributed by atoms with Crippen molar-refractivity contribution in [2.24, 2.45) is 0 Å². The quantitative estimate of drug-likeness (QED) is 0.632. The minimum Gasteiger partial charge on any atom is -0.491 e. The standard InChI is InChI=1S/C22H30N2O4S/c1-16(2)28-20-12-9-18(10-13-20)7-6-14-23-22(25)19-11-8-17(3)21(15-19)24(4)29(5,26)27/h8-13,15-16H,6-7,14H2,1-5H3,(H,23,25). The molecule has 2 aromatic carbocycles. The van der Waals surface area contributed by atoms with Gasteiger partial charge in [0.1, 0.15) is 5.75 Å². The molecule has 0 heterocycles. The average Bonchev–Trinajstić information content (AvgIpc) is 2.65. The van der Waals surface area contributed by atoms with Gasteiger partial charge < -0.3 is 10.1 Å². The molecule has 0 aliphatic rings. The van der Waals surface area contributed by atoms with E-state index in [1.807, 2.05) is 45.0 Å². The number of benzene rings is 2. The zero-order valence-corrected chi connectivity index (χ0v) is 18.5. The molecule has 0 saturated carbocycles. The predicted molar refractivity (Wildman–Crippen MR) is 117 cm³/mol.